The highest BCUT2D eigenvalue weighted by Gasteiger charge is 2.22. The first-order valence-electron chi connectivity index (χ1n) is 11.2. The zero-order valence-electron chi connectivity index (χ0n) is 18.8. The number of carbonyl (C=O) groups is 1. The van der Waals surface area contributed by atoms with Crippen LogP contribution >= 0.6 is 24.0 Å². The molecule has 0 bridgehead atoms. The molecule has 1 N–H and O–H groups in total. The maximum absolute atomic E-state index is 11.9. The highest BCUT2D eigenvalue weighted by atomic mass is 127. The van der Waals surface area contributed by atoms with E-state index in [0.717, 1.165) is 82.3 Å². The Morgan fingerprint density at radius 2 is 1.90 bits per heavy atom. The summed E-state index contributed by atoms with van der Waals surface area (Å²) in [4.78, 5) is 21.0. The van der Waals surface area contributed by atoms with Gasteiger partial charge in [-0.1, -0.05) is 12.1 Å². The summed E-state index contributed by atoms with van der Waals surface area (Å²) in [7, 11) is 1.73. The Bertz CT molecular complexity index is 691. The third-order valence-electron chi connectivity index (χ3n) is 5.66. The van der Waals surface area contributed by atoms with Crippen LogP contribution in [0.15, 0.2) is 29.3 Å². The molecule has 0 unspecified atom stereocenters. The zero-order chi connectivity index (χ0) is 21.2. The largest absolute Gasteiger partial charge is 0.385 e. The molecule has 7 nitrogen and oxygen atoms in total. The second-order valence-electron chi connectivity index (χ2n) is 7.89. The van der Waals surface area contributed by atoms with Gasteiger partial charge in [-0.25, -0.2) is 4.99 Å². The molecule has 1 amide bonds. The molecule has 3 rings (SSSR count). The molecule has 0 atom stereocenters. The number of anilines is 1. The van der Waals surface area contributed by atoms with Gasteiger partial charge in [-0.05, 0) is 50.3 Å². The van der Waals surface area contributed by atoms with Crippen molar-refractivity contribution >= 4 is 41.5 Å². The molecule has 0 radical (unpaired) electrons. The van der Waals surface area contributed by atoms with Gasteiger partial charge in [-0.3, -0.25) is 4.79 Å². The van der Waals surface area contributed by atoms with Crippen LogP contribution < -0.4 is 10.2 Å². The van der Waals surface area contributed by atoms with Crippen LogP contribution in [0.3, 0.4) is 0 Å². The van der Waals surface area contributed by atoms with Crippen molar-refractivity contribution < 1.29 is 14.3 Å². The third-order valence-corrected chi connectivity index (χ3v) is 5.66. The summed E-state index contributed by atoms with van der Waals surface area (Å²) >= 11 is 0. The summed E-state index contributed by atoms with van der Waals surface area (Å²) in [5, 5.41) is 3.42. The molecule has 1 aromatic rings. The van der Waals surface area contributed by atoms with E-state index in [1.807, 2.05) is 17.0 Å². The number of ether oxygens (including phenoxy) is 2. The highest BCUT2D eigenvalue weighted by molar-refractivity contribution is 14.0. The molecule has 2 heterocycles. The second-order valence-corrected chi connectivity index (χ2v) is 7.89. The Labute approximate surface area is 203 Å². The van der Waals surface area contributed by atoms with Crippen molar-refractivity contribution in [3.8, 4) is 0 Å². The molecule has 2 aliphatic rings. The van der Waals surface area contributed by atoms with Gasteiger partial charge in [0.25, 0.3) is 0 Å². The number of nitrogens with zero attached hydrogens (tertiary/aromatic N) is 3. The maximum atomic E-state index is 11.9. The van der Waals surface area contributed by atoms with Crippen LogP contribution in [0.2, 0.25) is 0 Å². The predicted molar refractivity (Wildman–Crippen MR) is 135 cm³/mol. The standard InChI is InChI=1S/C23H36N4O3.HI/c1-3-24-23(26-14-11-21(12-15-26)30-17-5-16-29-2)25-18-19-7-9-20(10-8-19)27-13-4-6-22(27)28;/h7-10,21H,3-6,11-18H2,1-2H3,(H,24,25);1H. The number of carbonyl (C=O) groups excluding carboxylic acids is 1. The molecular weight excluding hydrogens is 507 g/mol. The van der Waals surface area contributed by atoms with Gasteiger partial charge < -0.3 is 24.6 Å². The Morgan fingerprint density at radius 3 is 2.52 bits per heavy atom. The van der Waals surface area contributed by atoms with Crippen LogP contribution in [0.4, 0.5) is 5.69 Å². The number of likely N-dealkylation sites (tertiary alicyclic amines) is 1. The van der Waals surface area contributed by atoms with Crippen LogP contribution in [-0.4, -0.2) is 69.4 Å². The van der Waals surface area contributed by atoms with Crippen LogP contribution in [0.5, 0.6) is 0 Å². The van der Waals surface area contributed by atoms with Gasteiger partial charge in [0.05, 0.1) is 12.6 Å². The van der Waals surface area contributed by atoms with Crippen LogP contribution in [0, 0.1) is 0 Å². The molecule has 0 aliphatic carbocycles. The van der Waals surface area contributed by atoms with Crippen molar-refractivity contribution in [1.29, 1.82) is 0 Å². The Hall–Kier alpha value is -1.39. The molecular formula is C23H37IN4O3. The van der Waals surface area contributed by atoms with E-state index in [9.17, 15) is 4.79 Å². The molecule has 0 saturated carbocycles. The minimum atomic E-state index is 0. The van der Waals surface area contributed by atoms with Crippen LogP contribution in [-0.2, 0) is 20.8 Å². The smallest absolute Gasteiger partial charge is 0.227 e. The maximum Gasteiger partial charge on any atom is 0.227 e. The zero-order valence-corrected chi connectivity index (χ0v) is 21.2. The summed E-state index contributed by atoms with van der Waals surface area (Å²) in [6.45, 7) is 7.84. The first-order chi connectivity index (χ1) is 14.7. The number of piperidine rings is 1. The first kappa shape index (κ1) is 25.9. The van der Waals surface area contributed by atoms with E-state index in [1.165, 1.54) is 0 Å². The van der Waals surface area contributed by atoms with Gasteiger partial charge >= 0.3 is 0 Å². The predicted octanol–water partition coefficient (Wildman–Crippen LogP) is 3.41. The lowest BCUT2D eigenvalue weighted by atomic mass is 10.1. The fourth-order valence-corrected chi connectivity index (χ4v) is 3.98. The van der Waals surface area contributed by atoms with Gasteiger partial charge in [0.15, 0.2) is 5.96 Å². The van der Waals surface area contributed by atoms with E-state index in [-0.39, 0.29) is 29.9 Å². The summed E-state index contributed by atoms with van der Waals surface area (Å²) < 4.78 is 11.0. The van der Waals surface area contributed by atoms with Gasteiger partial charge in [0.2, 0.25) is 5.91 Å². The number of hydrogen-bond donors (Lipinski definition) is 1. The average Bonchev–Trinajstić information content (AvgIpc) is 3.21. The van der Waals surface area contributed by atoms with Crippen molar-refractivity contribution in [2.45, 2.75) is 51.7 Å². The summed E-state index contributed by atoms with van der Waals surface area (Å²) in [5.41, 5.74) is 2.14. The van der Waals surface area contributed by atoms with E-state index >= 15 is 0 Å². The molecule has 174 valence electrons. The van der Waals surface area contributed by atoms with Gasteiger partial charge in [0.1, 0.15) is 0 Å². The number of methoxy groups -OCH3 is 1. The Kier molecular flexibility index (Phi) is 11.6. The number of benzene rings is 1. The number of amides is 1. The topological polar surface area (TPSA) is 66.4 Å². The molecule has 0 aromatic heterocycles. The van der Waals surface area contributed by atoms with Crippen molar-refractivity contribution in [3.63, 3.8) is 0 Å². The van der Waals surface area contributed by atoms with E-state index in [0.29, 0.717) is 19.1 Å². The van der Waals surface area contributed by atoms with E-state index in [1.54, 1.807) is 7.11 Å². The number of nitrogens with one attached hydrogen (secondary N) is 1. The summed E-state index contributed by atoms with van der Waals surface area (Å²) in [6, 6.07) is 8.23. The second kappa shape index (κ2) is 13.9. The van der Waals surface area contributed by atoms with Crippen LogP contribution in [0.1, 0.15) is 44.6 Å². The molecule has 8 heteroatoms. The van der Waals surface area contributed by atoms with E-state index in [2.05, 4.69) is 29.3 Å². The van der Waals surface area contributed by atoms with Crippen LogP contribution in [0.25, 0.3) is 0 Å². The summed E-state index contributed by atoms with van der Waals surface area (Å²) in [5.74, 6) is 1.19. The Balaban J connectivity index is 0.00000341. The minimum Gasteiger partial charge on any atom is -0.385 e. The SMILES string of the molecule is CCNC(=NCc1ccc(N2CCCC2=O)cc1)N1CCC(OCCCOC)CC1.I. The molecule has 0 spiro atoms. The number of aliphatic imine (C=N–C) groups is 1. The number of guanidine groups is 1. The normalized spacial score (nSPS) is 17.7. The van der Waals surface area contributed by atoms with Gasteiger partial charge in [0, 0.05) is 58.6 Å². The quantitative estimate of drug-likeness (QED) is 0.224. The van der Waals surface area contributed by atoms with Gasteiger partial charge in [-0.2, -0.15) is 0 Å². The molecule has 31 heavy (non-hydrogen) atoms. The molecule has 2 fully saturated rings. The lowest BCUT2D eigenvalue weighted by Gasteiger charge is -2.34. The molecule has 2 aliphatic heterocycles. The minimum absolute atomic E-state index is 0. The van der Waals surface area contributed by atoms with Gasteiger partial charge in [-0.15, -0.1) is 24.0 Å². The highest BCUT2D eigenvalue weighted by Crippen LogP contribution is 2.22. The summed E-state index contributed by atoms with van der Waals surface area (Å²) in [6.07, 6.45) is 4.94. The molecule has 2 saturated heterocycles. The van der Waals surface area contributed by atoms with E-state index in [4.69, 9.17) is 14.5 Å². The third kappa shape index (κ3) is 7.91. The lowest BCUT2D eigenvalue weighted by Crippen LogP contribution is -2.47. The van der Waals surface area contributed by atoms with Crippen molar-refractivity contribution in [2.75, 3.05) is 51.4 Å². The van der Waals surface area contributed by atoms with E-state index < -0.39 is 0 Å². The number of rotatable bonds is 9. The number of hydrogen-bond acceptors (Lipinski definition) is 4. The molecule has 1 aromatic carbocycles. The fourth-order valence-electron chi connectivity index (χ4n) is 3.98. The first-order valence-corrected chi connectivity index (χ1v) is 11.2. The average molecular weight is 544 g/mol. The van der Waals surface area contributed by atoms with Crippen molar-refractivity contribution in [3.05, 3.63) is 29.8 Å². The fraction of sp³-hybridized carbons (Fsp3) is 0.652. The lowest BCUT2D eigenvalue weighted by molar-refractivity contribution is -0.117. The Morgan fingerprint density at radius 1 is 1.16 bits per heavy atom. The van der Waals surface area contributed by atoms with Crippen molar-refractivity contribution in [1.82, 2.24) is 10.2 Å². The number of halogens is 1. The van der Waals surface area contributed by atoms with Crippen molar-refractivity contribution in [2.24, 2.45) is 4.99 Å². The monoisotopic (exact) mass is 544 g/mol.